The molecule has 0 unspecified atom stereocenters. The average molecular weight is 541 g/mol. The maximum atomic E-state index is 12.9. The molecule has 1 saturated carbocycles. The van der Waals surface area contributed by atoms with E-state index in [0.29, 0.717) is 34.7 Å². The number of sulfonamides is 1. The van der Waals surface area contributed by atoms with Crippen LogP contribution in [0.3, 0.4) is 0 Å². The lowest BCUT2D eigenvalue weighted by Crippen LogP contribution is -2.35. The molecule has 4 rings (SSSR count). The Kier molecular flexibility index (Phi) is 8.84. The number of para-hydroxylation sites is 1. The molecule has 37 heavy (non-hydrogen) atoms. The van der Waals surface area contributed by atoms with Crippen molar-refractivity contribution < 1.29 is 13.2 Å². The lowest BCUT2D eigenvalue weighted by molar-refractivity contribution is 0.308. The van der Waals surface area contributed by atoms with Crippen LogP contribution in [0.4, 0.5) is 5.69 Å². The summed E-state index contributed by atoms with van der Waals surface area (Å²) in [6.45, 7) is 8.07. The molecular weight excluding hydrogens is 508 g/mol. The fourth-order valence-corrected chi connectivity index (χ4v) is 6.47. The summed E-state index contributed by atoms with van der Waals surface area (Å²) in [4.78, 5) is 10.9. The fraction of sp³-hybridized carbons (Fsp3) is 0.357. The van der Waals surface area contributed by atoms with Gasteiger partial charge in [-0.3, -0.25) is 4.98 Å². The molecule has 0 radical (unpaired) electrons. The quantitative estimate of drug-likeness (QED) is 0.320. The lowest BCUT2D eigenvalue weighted by Gasteiger charge is -2.22. The highest BCUT2D eigenvalue weighted by Gasteiger charge is 2.27. The number of benzene rings is 1. The first-order valence-electron chi connectivity index (χ1n) is 12.5. The number of fused-ring (bicyclic) bond motifs is 1. The first-order valence-corrected chi connectivity index (χ1v) is 14.4. The SMILES string of the molecule is C=CN(/C=C\C)c1cc(C)nc2c(OCc3c(Cl)cncc3CNS(=O)(=O)C3CCCCC3)cccc12. The Morgan fingerprint density at radius 3 is 2.76 bits per heavy atom. The van der Waals surface area contributed by atoms with E-state index in [-0.39, 0.29) is 18.4 Å². The molecule has 0 aliphatic heterocycles. The van der Waals surface area contributed by atoms with E-state index in [9.17, 15) is 8.42 Å². The maximum absolute atomic E-state index is 12.9. The van der Waals surface area contributed by atoms with Gasteiger partial charge in [0.25, 0.3) is 0 Å². The Hall–Kier alpha value is -2.94. The Labute approximate surface area is 224 Å². The van der Waals surface area contributed by atoms with E-state index in [0.717, 1.165) is 41.5 Å². The number of nitrogens with one attached hydrogen (secondary N) is 1. The molecule has 0 saturated heterocycles. The van der Waals surface area contributed by atoms with Gasteiger partial charge in [-0.25, -0.2) is 18.1 Å². The highest BCUT2D eigenvalue weighted by Crippen LogP contribution is 2.34. The van der Waals surface area contributed by atoms with Crippen LogP contribution in [0.2, 0.25) is 5.02 Å². The van der Waals surface area contributed by atoms with E-state index >= 15 is 0 Å². The van der Waals surface area contributed by atoms with E-state index in [1.807, 2.05) is 55.3 Å². The van der Waals surface area contributed by atoms with Crippen LogP contribution in [-0.4, -0.2) is 23.6 Å². The molecule has 1 aliphatic carbocycles. The average Bonchev–Trinajstić information content (AvgIpc) is 2.90. The molecule has 0 bridgehead atoms. The van der Waals surface area contributed by atoms with Crippen LogP contribution in [0.25, 0.3) is 10.9 Å². The van der Waals surface area contributed by atoms with Gasteiger partial charge in [0.05, 0.1) is 16.0 Å². The minimum Gasteiger partial charge on any atom is -0.487 e. The minimum atomic E-state index is -3.42. The number of aromatic nitrogens is 2. The minimum absolute atomic E-state index is 0.111. The third-order valence-corrected chi connectivity index (χ3v) is 8.84. The number of ether oxygens (including phenoxy) is 1. The number of aryl methyl sites for hydroxylation is 1. The molecule has 3 aromatic rings. The molecular formula is C28H33ClN4O3S. The molecule has 196 valence electrons. The summed E-state index contributed by atoms with van der Waals surface area (Å²) in [7, 11) is -3.42. The molecule has 0 atom stereocenters. The van der Waals surface area contributed by atoms with E-state index in [2.05, 4.69) is 16.3 Å². The van der Waals surface area contributed by atoms with Gasteiger partial charge < -0.3 is 9.64 Å². The summed E-state index contributed by atoms with van der Waals surface area (Å²) in [5, 5.41) is 0.998. The van der Waals surface area contributed by atoms with Crippen molar-refractivity contribution in [1.82, 2.24) is 14.7 Å². The van der Waals surface area contributed by atoms with Gasteiger partial charge in [0.1, 0.15) is 17.9 Å². The standard InChI is InChI=1S/C28H33ClN4O3S/c1-4-14-33(5-2)26-15-20(3)32-28-23(26)12-9-13-27(28)36-19-24-21(16-30-18-25(24)29)17-31-37(34,35)22-10-7-6-8-11-22/h4-5,9,12-16,18,22,31H,2,6-8,10-11,17,19H2,1,3H3/b14-4-. The summed E-state index contributed by atoms with van der Waals surface area (Å²) < 4.78 is 34.7. The van der Waals surface area contributed by atoms with Crippen LogP contribution < -0.4 is 14.4 Å². The summed E-state index contributed by atoms with van der Waals surface area (Å²) in [6.07, 6.45) is 13.2. The summed E-state index contributed by atoms with van der Waals surface area (Å²) in [6, 6.07) is 7.79. The Morgan fingerprint density at radius 2 is 2.03 bits per heavy atom. The van der Waals surface area contributed by atoms with Crippen LogP contribution in [-0.2, 0) is 23.2 Å². The van der Waals surface area contributed by atoms with Crippen molar-refractivity contribution >= 4 is 38.2 Å². The molecule has 0 amide bonds. The zero-order chi connectivity index (χ0) is 26.4. The van der Waals surface area contributed by atoms with E-state index in [1.54, 1.807) is 18.6 Å². The van der Waals surface area contributed by atoms with Crippen molar-refractivity contribution in [2.45, 2.75) is 64.4 Å². The van der Waals surface area contributed by atoms with Crippen LogP contribution in [0.1, 0.15) is 55.8 Å². The molecule has 2 heterocycles. The van der Waals surface area contributed by atoms with Crippen LogP contribution in [0, 0.1) is 6.92 Å². The van der Waals surface area contributed by atoms with Gasteiger partial charge in [0.15, 0.2) is 0 Å². The van der Waals surface area contributed by atoms with Gasteiger partial charge in [0, 0.05) is 48.0 Å². The van der Waals surface area contributed by atoms with Crippen molar-refractivity contribution in [2.24, 2.45) is 0 Å². The molecule has 1 aliphatic rings. The molecule has 2 aromatic heterocycles. The molecule has 0 spiro atoms. The van der Waals surface area contributed by atoms with Gasteiger partial charge >= 0.3 is 0 Å². The zero-order valence-corrected chi connectivity index (χ0v) is 22.9. The summed E-state index contributed by atoms with van der Waals surface area (Å²) in [5.74, 6) is 0.605. The molecule has 9 heteroatoms. The van der Waals surface area contributed by atoms with Gasteiger partial charge in [0.2, 0.25) is 10.0 Å². The number of nitrogens with zero attached hydrogens (tertiary/aromatic N) is 3. The Balaban J connectivity index is 1.59. The summed E-state index contributed by atoms with van der Waals surface area (Å²) in [5.41, 5.74) is 3.88. The third-order valence-electron chi connectivity index (χ3n) is 6.61. The second-order valence-corrected chi connectivity index (χ2v) is 11.6. The van der Waals surface area contributed by atoms with E-state index in [1.165, 1.54) is 0 Å². The van der Waals surface area contributed by atoms with Crippen molar-refractivity contribution in [3.63, 3.8) is 0 Å². The van der Waals surface area contributed by atoms with Crippen molar-refractivity contribution in [3.05, 3.63) is 83.6 Å². The number of allylic oxidation sites excluding steroid dienone is 1. The third kappa shape index (κ3) is 6.32. The maximum Gasteiger partial charge on any atom is 0.214 e. The number of hydrogen-bond acceptors (Lipinski definition) is 6. The fourth-order valence-electron chi connectivity index (χ4n) is 4.70. The van der Waals surface area contributed by atoms with E-state index in [4.69, 9.17) is 21.3 Å². The smallest absolute Gasteiger partial charge is 0.214 e. The van der Waals surface area contributed by atoms with Crippen molar-refractivity contribution in [2.75, 3.05) is 4.90 Å². The second-order valence-electron chi connectivity index (χ2n) is 9.18. The number of halogens is 1. The normalized spacial score (nSPS) is 14.8. The predicted octanol–water partition coefficient (Wildman–Crippen LogP) is 6.41. The molecule has 1 aromatic carbocycles. The number of rotatable bonds is 10. The van der Waals surface area contributed by atoms with Crippen molar-refractivity contribution in [3.8, 4) is 5.75 Å². The van der Waals surface area contributed by atoms with E-state index < -0.39 is 10.0 Å². The second kappa shape index (κ2) is 12.1. The molecule has 7 nitrogen and oxygen atoms in total. The van der Waals surface area contributed by atoms with Crippen molar-refractivity contribution in [1.29, 1.82) is 0 Å². The monoisotopic (exact) mass is 540 g/mol. The zero-order valence-electron chi connectivity index (χ0n) is 21.3. The van der Waals surface area contributed by atoms with Crippen LogP contribution in [0.5, 0.6) is 5.75 Å². The Morgan fingerprint density at radius 1 is 1.24 bits per heavy atom. The highest BCUT2D eigenvalue weighted by molar-refractivity contribution is 7.90. The van der Waals surface area contributed by atoms with Crippen LogP contribution >= 0.6 is 11.6 Å². The lowest BCUT2D eigenvalue weighted by atomic mass is 10.0. The highest BCUT2D eigenvalue weighted by atomic mass is 35.5. The van der Waals surface area contributed by atoms with Gasteiger partial charge in [-0.05, 0) is 44.4 Å². The largest absolute Gasteiger partial charge is 0.487 e. The number of pyridine rings is 2. The topological polar surface area (TPSA) is 84.4 Å². The molecule has 1 fully saturated rings. The Bertz CT molecular complexity index is 1400. The van der Waals surface area contributed by atoms with Gasteiger partial charge in [-0.15, -0.1) is 0 Å². The van der Waals surface area contributed by atoms with Gasteiger partial charge in [-0.2, -0.15) is 0 Å². The van der Waals surface area contributed by atoms with Gasteiger partial charge in [-0.1, -0.05) is 55.7 Å². The first kappa shape index (κ1) is 27.1. The van der Waals surface area contributed by atoms with Crippen LogP contribution in [0.15, 0.2) is 61.7 Å². The number of hydrogen-bond donors (Lipinski definition) is 1. The summed E-state index contributed by atoms with van der Waals surface area (Å²) >= 11 is 6.50. The number of anilines is 1. The predicted molar refractivity (Wildman–Crippen MR) is 150 cm³/mol. The first-order chi connectivity index (χ1) is 17.8. The molecule has 1 N–H and O–H groups in total.